The van der Waals surface area contributed by atoms with Gasteiger partial charge >= 0.3 is 0 Å². The molecule has 3 rings (SSSR count). The minimum absolute atomic E-state index is 0.146. The summed E-state index contributed by atoms with van der Waals surface area (Å²) in [4.78, 5) is 12.3. The van der Waals surface area contributed by atoms with Crippen molar-refractivity contribution < 1.29 is 17.9 Å². The van der Waals surface area contributed by atoms with Gasteiger partial charge in [-0.25, -0.2) is 8.42 Å². The molecule has 1 aliphatic heterocycles. The Hall–Kier alpha value is -2.48. The van der Waals surface area contributed by atoms with Crippen molar-refractivity contribution in [2.75, 3.05) is 18.4 Å². The van der Waals surface area contributed by atoms with Crippen LogP contribution in [0, 0.1) is 6.92 Å². The number of anilines is 1. The summed E-state index contributed by atoms with van der Waals surface area (Å²) in [6, 6.07) is 14.0. The van der Waals surface area contributed by atoms with E-state index in [0.29, 0.717) is 18.8 Å². The molecule has 0 spiro atoms. The summed E-state index contributed by atoms with van der Waals surface area (Å²) in [5, 5.41) is 2.74. The highest BCUT2D eigenvalue weighted by Crippen LogP contribution is 2.22. The number of carbonyl (C=O) groups is 1. The van der Waals surface area contributed by atoms with Crippen LogP contribution in [0.15, 0.2) is 59.5 Å². The Morgan fingerprint density at radius 1 is 1.10 bits per heavy atom. The first-order valence-corrected chi connectivity index (χ1v) is 11.0. The van der Waals surface area contributed by atoms with Gasteiger partial charge in [0.2, 0.25) is 15.9 Å². The van der Waals surface area contributed by atoms with E-state index >= 15 is 0 Å². The van der Waals surface area contributed by atoms with Gasteiger partial charge in [0, 0.05) is 24.9 Å². The number of rotatable bonds is 5. The second kappa shape index (κ2) is 8.90. The maximum absolute atomic E-state index is 12.9. The lowest BCUT2D eigenvalue weighted by molar-refractivity contribution is -0.111. The van der Waals surface area contributed by atoms with Gasteiger partial charge in [-0.2, -0.15) is 4.31 Å². The molecule has 29 heavy (non-hydrogen) atoms. The molecule has 6 nitrogen and oxygen atoms in total. The van der Waals surface area contributed by atoms with E-state index in [2.05, 4.69) is 5.32 Å². The van der Waals surface area contributed by atoms with Crippen molar-refractivity contribution in [3.8, 4) is 0 Å². The highest BCUT2D eigenvalue weighted by Gasteiger charge is 2.32. The molecule has 0 saturated carbocycles. The standard InChI is InChI=1S/C22H26N2O4S/c1-16-5-4-6-19(13-16)7-12-22(25)23-20-8-10-21(11-9-20)29(26,27)24-14-17(2)28-18(3)15-24/h4-13,17-18H,14-15H2,1-3H3,(H,23,25)/b12-7+. The highest BCUT2D eigenvalue weighted by atomic mass is 32.2. The zero-order valence-electron chi connectivity index (χ0n) is 16.8. The van der Waals surface area contributed by atoms with Crippen LogP contribution in [0.1, 0.15) is 25.0 Å². The average molecular weight is 415 g/mol. The molecule has 2 aromatic rings. The number of amides is 1. The number of ether oxygens (including phenoxy) is 1. The van der Waals surface area contributed by atoms with Crippen molar-refractivity contribution in [3.05, 3.63) is 65.7 Å². The summed E-state index contributed by atoms with van der Waals surface area (Å²) in [5.74, 6) is -0.280. The summed E-state index contributed by atoms with van der Waals surface area (Å²) in [5.41, 5.74) is 2.59. The van der Waals surface area contributed by atoms with Crippen LogP contribution >= 0.6 is 0 Å². The molecule has 2 unspecified atom stereocenters. The number of benzene rings is 2. The number of aryl methyl sites for hydroxylation is 1. The minimum Gasteiger partial charge on any atom is -0.373 e. The quantitative estimate of drug-likeness (QED) is 0.761. The van der Waals surface area contributed by atoms with E-state index in [9.17, 15) is 13.2 Å². The first kappa shape index (κ1) is 21.2. The van der Waals surface area contributed by atoms with Crippen molar-refractivity contribution in [2.24, 2.45) is 0 Å². The van der Waals surface area contributed by atoms with Crippen molar-refractivity contribution in [2.45, 2.75) is 37.9 Å². The number of morpholine rings is 1. The smallest absolute Gasteiger partial charge is 0.248 e. The number of carbonyl (C=O) groups excluding carboxylic acids is 1. The van der Waals surface area contributed by atoms with Crippen LogP contribution in [0.4, 0.5) is 5.69 Å². The molecule has 1 aliphatic rings. The Morgan fingerprint density at radius 2 is 1.76 bits per heavy atom. The molecule has 0 radical (unpaired) electrons. The van der Waals surface area contributed by atoms with Crippen LogP contribution in [0.25, 0.3) is 6.08 Å². The summed E-state index contributed by atoms with van der Waals surface area (Å²) in [6.45, 7) is 6.37. The molecule has 0 bridgehead atoms. The van der Waals surface area contributed by atoms with Gasteiger partial charge in [-0.15, -0.1) is 0 Å². The first-order valence-electron chi connectivity index (χ1n) is 9.55. The van der Waals surface area contributed by atoms with E-state index < -0.39 is 10.0 Å². The van der Waals surface area contributed by atoms with Gasteiger partial charge in [0.05, 0.1) is 17.1 Å². The summed E-state index contributed by atoms with van der Waals surface area (Å²) < 4.78 is 32.8. The molecule has 0 aliphatic carbocycles. The summed E-state index contributed by atoms with van der Waals surface area (Å²) in [6.07, 6.45) is 2.90. The fraction of sp³-hybridized carbons (Fsp3) is 0.318. The number of hydrogen-bond donors (Lipinski definition) is 1. The molecule has 1 amide bonds. The lowest BCUT2D eigenvalue weighted by atomic mass is 10.1. The SMILES string of the molecule is Cc1cccc(/C=C/C(=O)Nc2ccc(S(=O)(=O)N3CC(C)OC(C)C3)cc2)c1. The van der Waals surface area contributed by atoms with Crippen molar-refractivity contribution in [1.29, 1.82) is 0 Å². The average Bonchev–Trinajstić information content (AvgIpc) is 2.66. The van der Waals surface area contributed by atoms with Crippen molar-refractivity contribution in [1.82, 2.24) is 4.31 Å². The van der Waals surface area contributed by atoms with Crippen LogP contribution in [0.5, 0.6) is 0 Å². The molecular weight excluding hydrogens is 388 g/mol. The van der Waals surface area contributed by atoms with E-state index in [0.717, 1.165) is 11.1 Å². The molecule has 1 N–H and O–H groups in total. The topological polar surface area (TPSA) is 75.7 Å². The van der Waals surface area contributed by atoms with Crippen molar-refractivity contribution >= 4 is 27.7 Å². The third kappa shape index (κ3) is 5.53. The van der Waals surface area contributed by atoms with E-state index in [1.165, 1.54) is 22.5 Å². The number of nitrogens with one attached hydrogen (secondary N) is 1. The Labute approximate surface area is 172 Å². The second-order valence-electron chi connectivity index (χ2n) is 7.34. The third-order valence-electron chi connectivity index (χ3n) is 4.62. The second-order valence-corrected chi connectivity index (χ2v) is 9.28. The Kier molecular flexibility index (Phi) is 6.52. The molecule has 154 valence electrons. The van der Waals surface area contributed by atoms with E-state index in [4.69, 9.17) is 4.74 Å². The number of nitrogens with zero attached hydrogens (tertiary/aromatic N) is 1. The first-order chi connectivity index (χ1) is 13.7. The van der Waals surface area contributed by atoms with Gasteiger partial charge in [0.25, 0.3) is 0 Å². The van der Waals surface area contributed by atoms with E-state index in [1.807, 2.05) is 45.0 Å². The lowest BCUT2D eigenvalue weighted by Crippen LogP contribution is -2.48. The normalized spacial score (nSPS) is 20.7. The summed E-state index contributed by atoms with van der Waals surface area (Å²) in [7, 11) is -3.60. The zero-order valence-corrected chi connectivity index (χ0v) is 17.6. The van der Waals surface area contributed by atoms with Crippen molar-refractivity contribution in [3.63, 3.8) is 0 Å². The maximum atomic E-state index is 12.9. The molecule has 1 saturated heterocycles. The number of sulfonamides is 1. The molecule has 2 atom stereocenters. The molecule has 7 heteroatoms. The van der Waals surface area contributed by atoms with E-state index in [1.54, 1.807) is 18.2 Å². The molecule has 0 aromatic heterocycles. The van der Waals surface area contributed by atoms with Crippen LogP contribution in [0.3, 0.4) is 0 Å². The van der Waals surface area contributed by atoms with Gasteiger partial charge in [-0.05, 0) is 56.7 Å². The molecule has 2 aromatic carbocycles. The predicted octanol–water partition coefficient (Wildman–Crippen LogP) is 3.44. The highest BCUT2D eigenvalue weighted by molar-refractivity contribution is 7.89. The van der Waals surface area contributed by atoms with Gasteiger partial charge < -0.3 is 10.1 Å². The van der Waals surface area contributed by atoms with Crippen LogP contribution in [-0.4, -0.2) is 43.9 Å². The van der Waals surface area contributed by atoms with Gasteiger partial charge in [-0.3, -0.25) is 4.79 Å². The zero-order chi connectivity index (χ0) is 21.0. The predicted molar refractivity (Wildman–Crippen MR) is 114 cm³/mol. The Morgan fingerprint density at radius 3 is 2.38 bits per heavy atom. The monoisotopic (exact) mass is 414 g/mol. The minimum atomic E-state index is -3.60. The number of hydrogen-bond acceptors (Lipinski definition) is 4. The van der Waals surface area contributed by atoms with Crippen LogP contribution < -0.4 is 5.32 Å². The molecule has 1 fully saturated rings. The summed E-state index contributed by atoms with van der Waals surface area (Å²) >= 11 is 0. The van der Waals surface area contributed by atoms with Gasteiger partial charge in [0.15, 0.2) is 0 Å². The lowest BCUT2D eigenvalue weighted by Gasteiger charge is -2.34. The van der Waals surface area contributed by atoms with Crippen LogP contribution in [-0.2, 0) is 19.6 Å². The Balaban J connectivity index is 1.66. The van der Waals surface area contributed by atoms with Gasteiger partial charge in [0.1, 0.15) is 0 Å². The fourth-order valence-corrected chi connectivity index (χ4v) is 4.91. The largest absolute Gasteiger partial charge is 0.373 e. The fourth-order valence-electron chi connectivity index (χ4n) is 3.32. The Bertz CT molecular complexity index is 990. The maximum Gasteiger partial charge on any atom is 0.248 e. The molecular formula is C22H26N2O4S. The molecule has 1 heterocycles. The third-order valence-corrected chi connectivity index (χ3v) is 6.46. The van der Waals surface area contributed by atoms with E-state index in [-0.39, 0.29) is 23.0 Å². The van der Waals surface area contributed by atoms with Crippen LogP contribution in [0.2, 0.25) is 0 Å². The van der Waals surface area contributed by atoms with Gasteiger partial charge in [-0.1, -0.05) is 29.8 Å².